The van der Waals surface area contributed by atoms with Gasteiger partial charge >= 0.3 is 0 Å². The molecule has 2 rings (SSSR count). The Balaban J connectivity index is 2.52. The van der Waals surface area contributed by atoms with Crippen molar-refractivity contribution in [2.75, 3.05) is 0 Å². The van der Waals surface area contributed by atoms with Crippen LogP contribution in [-0.2, 0) is 0 Å². The average Bonchev–Trinajstić information content (AvgIpc) is 2.36. The molecule has 0 aliphatic heterocycles. The van der Waals surface area contributed by atoms with Crippen molar-refractivity contribution in [1.29, 1.82) is 0 Å². The van der Waals surface area contributed by atoms with E-state index in [1.165, 1.54) is 0 Å². The molecule has 0 aliphatic rings. The third-order valence-electron chi connectivity index (χ3n) is 3.07. The van der Waals surface area contributed by atoms with Crippen molar-refractivity contribution < 1.29 is 8.78 Å². The number of hydrogen-bond donors (Lipinski definition) is 0. The van der Waals surface area contributed by atoms with Gasteiger partial charge in [0.1, 0.15) is 11.6 Å². The highest BCUT2D eigenvalue weighted by atomic mass is 79.9. The Morgan fingerprint density at radius 2 is 1.58 bits per heavy atom. The van der Waals surface area contributed by atoms with Gasteiger partial charge in [0, 0.05) is 16.1 Å². The van der Waals surface area contributed by atoms with E-state index in [1.54, 1.807) is 13.0 Å². The van der Waals surface area contributed by atoms with Crippen LogP contribution >= 0.6 is 31.9 Å². The minimum atomic E-state index is -0.538. The maximum atomic E-state index is 13.9. The van der Waals surface area contributed by atoms with Crippen molar-refractivity contribution in [2.24, 2.45) is 0 Å². The molecule has 100 valence electrons. The summed E-state index contributed by atoms with van der Waals surface area (Å²) in [6, 6.07) is 8.32. The molecule has 4 heteroatoms. The van der Waals surface area contributed by atoms with Crippen molar-refractivity contribution in [3.63, 3.8) is 0 Å². The molecule has 1 atom stereocenters. The first kappa shape index (κ1) is 14.7. The van der Waals surface area contributed by atoms with Gasteiger partial charge in [0.2, 0.25) is 0 Å². The second-order valence-corrected chi connectivity index (χ2v) is 6.32. The second-order valence-electron chi connectivity index (χ2n) is 4.49. The van der Waals surface area contributed by atoms with E-state index in [9.17, 15) is 8.78 Å². The van der Waals surface area contributed by atoms with Gasteiger partial charge in [-0.3, -0.25) is 0 Å². The number of aryl methyl sites for hydroxylation is 2. The zero-order chi connectivity index (χ0) is 14.2. The maximum Gasteiger partial charge on any atom is 0.130 e. The molecule has 0 nitrogen and oxygen atoms in total. The zero-order valence-corrected chi connectivity index (χ0v) is 13.6. The lowest BCUT2D eigenvalue weighted by Crippen LogP contribution is -2.01. The van der Waals surface area contributed by atoms with Gasteiger partial charge in [-0.05, 0) is 48.7 Å². The molecule has 0 bridgehead atoms. The van der Waals surface area contributed by atoms with E-state index in [1.807, 2.05) is 25.1 Å². The SMILES string of the molecule is Cc1cc(C(Br)c2cc(Br)ccc2C)c(F)cc1F. The lowest BCUT2D eigenvalue weighted by molar-refractivity contribution is 0.569. The molecular formula is C15H12Br2F2. The van der Waals surface area contributed by atoms with E-state index in [0.29, 0.717) is 11.1 Å². The molecule has 0 saturated heterocycles. The smallest absolute Gasteiger partial charge is 0.130 e. The minimum absolute atomic E-state index is 0.302. The summed E-state index contributed by atoms with van der Waals surface area (Å²) >= 11 is 6.91. The van der Waals surface area contributed by atoms with Crippen LogP contribution in [0.1, 0.15) is 27.1 Å². The molecule has 0 aliphatic carbocycles. The van der Waals surface area contributed by atoms with Crippen LogP contribution in [-0.4, -0.2) is 0 Å². The Morgan fingerprint density at radius 1 is 0.895 bits per heavy atom. The summed E-state index contributed by atoms with van der Waals surface area (Å²) in [5.41, 5.74) is 2.89. The first-order valence-electron chi connectivity index (χ1n) is 5.76. The standard InChI is InChI=1S/C15H12Br2F2/c1-8-3-4-10(16)6-11(8)15(17)12-5-9(2)13(18)7-14(12)19/h3-7,15H,1-2H3. The van der Waals surface area contributed by atoms with Crippen LogP contribution in [0.15, 0.2) is 34.8 Å². The molecule has 2 aromatic carbocycles. The summed E-state index contributed by atoms with van der Waals surface area (Å²) in [5.74, 6) is -1.06. The average molecular weight is 390 g/mol. The van der Waals surface area contributed by atoms with Crippen LogP contribution in [0, 0.1) is 25.5 Å². The number of hydrogen-bond acceptors (Lipinski definition) is 0. The fourth-order valence-corrected chi connectivity index (χ4v) is 3.15. The molecule has 19 heavy (non-hydrogen) atoms. The molecule has 0 radical (unpaired) electrons. The summed E-state index contributed by atoms with van der Waals surface area (Å²) in [6.07, 6.45) is 0. The Kier molecular flexibility index (Phi) is 4.41. The topological polar surface area (TPSA) is 0 Å². The number of alkyl halides is 1. The van der Waals surface area contributed by atoms with E-state index in [2.05, 4.69) is 31.9 Å². The molecule has 0 saturated carbocycles. The largest absolute Gasteiger partial charge is 0.207 e. The van der Waals surface area contributed by atoms with Gasteiger partial charge in [-0.1, -0.05) is 37.9 Å². The quantitative estimate of drug-likeness (QED) is 0.567. The Hall–Kier alpha value is -0.740. The maximum absolute atomic E-state index is 13.9. The predicted molar refractivity (Wildman–Crippen MR) is 80.7 cm³/mol. The zero-order valence-electron chi connectivity index (χ0n) is 10.5. The van der Waals surface area contributed by atoms with Gasteiger partial charge in [0.05, 0.1) is 4.83 Å². The molecule has 2 aromatic rings. The van der Waals surface area contributed by atoms with Crippen LogP contribution in [0.4, 0.5) is 8.78 Å². The van der Waals surface area contributed by atoms with Gasteiger partial charge < -0.3 is 0 Å². The van der Waals surface area contributed by atoms with Crippen LogP contribution in [0.5, 0.6) is 0 Å². The molecule has 0 aromatic heterocycles. The number of rotatable bonds is 2. The highest BCUT2D eigenvalue weighted by molar-refractivity contribution is 9.10. The normalized spacial score (nSPS) is 12.5. The number of benzene rings is 2. The van der Waals surface area contributed by atoms with Crippen LogP contribution in [0.3, 0.4) is 0 Å². The van der Waals surface area contributed by atoms with Crippen molar-refractivity contribution in [2.45, 2.75) is 18.7 Å². The molecular weight excluding hydrogens is 378 g/mol. The van der Waals surface area contributed by atoms with Crippen molar-refractivity contribution in [3.8, 4) is 0 Å². The highest BCUT2D eigenvalue weighted by Gasteiger charge is 2.18. The predicted octanol–water partition coefficient (Wildman–Crippen LogP) is 5.83. The minimum Gasteiger partial charge on any atom is -0.207 e. The van der Waals surface area contributed by atoms with Crippen LogP contribution < -0.4 is 0 Å². The molecule has 1 unspecified atom stereocenters. The third kappa shape index (κ3) is 3.06. The Labute approximate surface area is 128 Å². The van der Waals surface area contributed by atoms with Gasteiger partial charge in [0.15, 0.2) is 0 Å². The summed E-state index contributed by atoms with van der Waals surface area (Å²) in [4.78, 5) is -0.302. The molecule has 0 fully saturated rings. The third-order valence-corrected chi connectivity index (χ3v) is 4.55. The Morgan fingerprint density at radius 3 is 2.26 bits per heavy atom. The van der Waals surface area contributed by atoms with Crippen molar-refractivity contribution >= 4 is 31.9 Å². The molecule has 0 N–H and O–H groups in total. The first-order valence-corrected chi connectivity index (χ1v) is 7.46. The summed E-state index contributed by atoms with van der Waals surface area (Å²) in [5, 5.41) is 0. The highest BCUT2D eigenvalue weighted by Crippen LogP contribution is 2.36. The summed E-state index contributed by atoms with van der Waals surface area (Å²) in [6.45, 7) is 3.59. The molecule has 0 heterocycles. The number of halogens is 4. The van der Waals surface area contributed by atoms with E-state index in [-0.39, 0.29) is 4.83 Å². The van der Waals surface area contributed by atoms with E-state index >= 15 is 0 Å². The van der Waals surface area contributed by atoms with E-state index < -0.39 is 11.6 Å². The van der Waals surface area contributed by atoms with Crippen LogP contribution in [0.2, 0.25) is 0 Å². The molecule has 0 amide bonds. The van der Waals surface area contributed by atoms with Crippen molar-refractivity contribution in [3.05, 3.63) is 68.7 Å². The van der Waals surface area contributed by atoms with Gasteiger partial charge in [-0.15, -0.1) is 0 Å². The lowest BCUT2D eigenvalue weighted by atomic mass is 9.99. The van der Waals surface area contributed by atoms with Crippen molar-refractivity contribution in [1.82, 2.24) is 0 Å². The van der Waals surface area contributed by atoms with E-state index in [0.717, 1.165) is 21.7 Å². The van der Waals surface area contributed by atoms with Crippen LogP contribution in [0.25, 0.3) is 0 Å². The lowest BCUT2D eigenvalue weighted by Gasteiger charge is -2.16. The second kappa shape index (κ2) is 5.71. The fourth-order valence-electron chi connectivity index (χ4n) is 1.93. The molecule has 0 spiro atoms. The monoisotopic (exact) mass is 388 g/mol. The summed E-state index contributed by atoms with van der Waals surface area (Å²) in [7, 11) is 0. The summed E-state index contributed by atoms with van der Waals surface area (Å²) < 4.78 is 28.2. The van der Waals surface area contributed by atoms with Gasteiger partial charge in [0.25, 0.3) is 0 Å². The fraction of sp³-hybridized carbons (Fsp3) is 0.200. The Bertz CT molecular complexity index is 624. The van der Waals surface area contributed by atoms with Gasteiger partial charge in [-0.25, -0.2) is 8.78 Å². The first-order chi connectivity index (χ1) is 8.90. The van der Waals surface area contributed by atoms with Gasteiger partial charge in [-0.2, -0.15) is 0 Å². The van der Waals surface area contributed by atoms with E-state index in [4.69, 9.17) is 0 Å².